The lowest BCUT2D eigenvalue weighted by Gasteiger charge is -2.14. The molecule has 0 aromatic heterocycles. The van der Waals surface area contributed by atoms with E-state index in [1.807, 2.05) is 25.1 Å². The van der Waals surface area contributed by atoms with Crippen LogP contribution < -0.4 is 4.74 Å². The van der Waals surface area contributed by atoms with Crippen molar-refractivity contribution in [2.45, 2.75) is 25.1 Å². The van der Waals surface area contributed by atoms with Crippen LogP contribution in [0.1, 0.15) is 19.4 Å². The monoisotopic (exact) mass is 256 g/mol. The van der Waals surface area contributed by atoms with Gasteiger partial charge in [0, 0.05) is 0 Å². The highest BCUT2D eigenvalue weighted by Gasteiger charge is 2.25. The van der Waals surface area contributed by atoms with Crippen molar-refractivity contribution in [1.29, 1.82) is 0 Å². The van der Waals surface area contributed by atoms with Gasteiger partial charge in [0.05, 0.1) is 0 Å². The number of hydrogen-bond acceptors (Lipinski definition) is 2. The molecule has 0 aliphatic rings. The molecule has 0 amide bonds. The predicted octanol–water partition coefficient (Wildman–Crippen LogP) is 3.07. The quantitative estimate of drug-likeness (QED) is 0.462. The van der Waals surface area contributed by atoms with E-state index in [0.717, 1.165) is 5.56 Å². The van der Waals surface area contributed by atoms with Gasteiger partial charge in [-0.05, 0) is 38.5 Å². The standard InChI is InChI=1S/C11H13BrO2/c1-8-5-4-6-9(7-8)14-10(13)11(2,3)12/h4-7H,1-3H3. The molecule has 0 heterocycles. The highest BCUT2D eigenvalue weighted by atomic mass is 79.9. The molecule has 0 saturated heterocycles. The third kappa shape index (κ3) is 3.14. The second-order valence-electron chi connectivity index (χ2n) is 3.68. The van der Waals surface area contributed by atoms with E-state index in [-0.39, 0.29) is 5.97 Å². The van der Waals surface area contributed by atoms with Gasteiger partial charge in [0.1, 0.15) is 10.1 Å². The van der Waals surface area contributed by atoms with Gasteiger partial charge in [0.15, 0.2) is 0 Å². The summed E-state index contributed by atoms with van der Waals surface area (Å²) in [7, 11) is 0. The van der Waals surface area contributed by atoms with Gasteiger partial charge in [-0.1, -0.05) is 28.1 Å². The smallest absolute Gasteiger partial charge is 0.327 e. The van der Waals surface area contributed by atoms with Gasteiger partial charge in [-0.3, -0.25) is 4.79 Å². The first-order chi connectivity index (χ1) is 6.39. The number of halogens is 1. The Morgan fingerprint density at radius 1 is 1.43 bits per heavy atom. The Morgan fingerprint density at radius 2 is 2.07 bits per heavy atom. The number of alkyl halides is 1. The number of aryl methyl sites for hydroxylation is 1. The molecule has 14 heavy (non-hydrogen) atoms. The van der Waals surface area contributed by atoms with Gasteiger partial charge >= 0.3 is 5.97 Å². The Labute approximate surface area is 92.4 Å². The fourth-order valence-electron chi connectivity index (χ4n) is 0.907. The molecule has 0 atom stereocenters. The van der Waals surface area contributed by atoms with Crippen LogP contribution in [-0.4, -0.2) is 10.3 Å². The summed E-state index contributed by atoms with van der Waals surface area (Å²) in [4.78, 5) is 11.5. The number of ether oxygens (including phenoxy) is 1. The zero-order valence-corrected chi connectivity index (χ0v) is 10.1. The Morgan fingerprint density at radius 3 is 2.57 bits per heavy atom. The molecule has 0 spiro atoms. The van der Waals surface area contributed by atoms with Crippen molar-refractivity contribution in [1.82, 2.24) is 0 Å². The summed E-state index contributed by atoms with van der Waals surface area (Å²) in [6.45, 7) is 5.47. The van der Waals surface area contributed by atoms with Crippen LogP contribution in [0.15, 0.2) is 24.3 Å². The van der Waals surface area contributed by atoms with Crippen LogP contribution in [0, 0.1) is 6.92 Å². The summed E-state index contributed by atoms with van der Waals surface area (Å²) in [5.74, 6) is 0.297. The molecule has 1 aromatic rings. The molecule has 0 aliphatic heterocycles. The highest BCUT2D eigenvalue weighted by molar-refractivity contribution is 9.10. The van der Waals surface area contributed by atoms with Crippen LogP contribution in [0.2, 0.25) is 0 Å². The third-order valence-corrected chi connectivity index (χ3v) is 2.01. The van der Waals surface area contributed by atoms with E-state index in [4.69, 9.17) is 4.74 Å². The Balaban J connectivity index is 2.75. The summed E-state index contributed by atoms with van der Waals surface area (Å²) >= 11 is 3.25. The maximum absolute atomic E-state index is 11.5. The van der Waals surface area contributed by atoms with E-state index < -0.39 is 4.32 Å². The molecular weight excluding hydrogens is 244 g/mol. The van der Waals surface area contributed by atoms with Gasteiger partial charge in [-0.25, -0.2) is 0 Å². The van der Waals surface area contributed by atoms with Crippen molar-refractivity contribution in [2.24, 2.45) is 0 Å². The van der Waals surface area contributed by atoms with Crippen molar-refractivity contribution in [3.05, 3.63) is 29.8 Å². The Hall–Kier alpha value is -0.830. The van der Waals surface area contributed by atoms with Crippen molar-refractivity contribution in [3.8, 4) is 5.75 Å². The first-order valence-corrected chi connectivity index (χ1v) is 5.17. The normalized spacial score (nSPS) is 11.1. The summed E-state index contributed by atoms with van der Waals surface area (Å²) < 4.78 is 4.53. The van der Waals surface area contributed by atoms with Crippen molar-refractivity contribution >= 4 is 21.9 Å². The summed E-state index contributed by atoms with van der Waals surface area (Å²) in [6, 6.07) is 7.41. The number of rotatable bonds is 2. The lowest BCUT2D eigenvalue weighted by atomic mass is 10.2. The first kappa shape index (κ1) is 11.2. The fourth-order valence-corrected chi connectivity index (χ4v) is 0.988. The number of benzene rings is 1. The molecule has 76 valence electrons. The van der Waals surface area contributed by atoms with Gasteiger partial charge in [-0.2, -0.15) is 0 Å². The first-order valence-electron chi connectivity index (χ1n) is 4.37. The Kier molecular flexibility index (Phi) is 3.32. The molecule has 3 heteroatoms. The van der Waals surface area contributed by atoms with Crippen LogP contribution in [-0.2, 0) is 4.79 Å². The molecule has 0 saturated carbocycles. The van der Waals surface area contributed by atoms with Crippen molar-refractivity contribution < 1.29 is 9.53 Å². The molecule has 0 unspecified atom stereocenters. The average Bonchev–Trinajstić information content (AvgIpc) is 2.02. The fraction of sp³-hybridized carbons (Fsp3) is 0.364. The molecular formula is C11H13BrO2. The van der Waals surface area contributed by atoms with Gasteiger partial charge < -0.3 is 4.74 Å². The Bertz CT molecular complexity index is 339. The van der Waals surface area contributed by atoms with Crippen LogP contribution in [0.5, 0.6) is 5.75 Å². The molecule has 0 radical (unpaired) electrons. The van der Waals surface area contributed by atoms with Crippen LogP contribution >= 0.6 is 15.9 Å². The molecule has 0 N–H and O–H groups in total. The minimum Gasteiger partial charge on any atom is -0.426 e. The molecule has 0 aliphatic carbocycles. The van der Waals surface area contributed by atoms with Crippen LogP contribution in [0.3, 0.4) is 0 Å². The predicted molar refractivity (Wildman–Crippen MR) is 59.8 cm³/mol. The zero-order chi connectivity index (χ0) is 10.8. The number of esters is 1. The highest BCUT2D eigenvalue weighted by Crippen LogP contribution is 2.20. The summed E-state index contributed by atoms with van der Waals surface area (Å²) in [6.07, 6.45) is 0. The van der Waals surface area contributed by atoms with E-state index in [1.54, 1.807) is 19.9 Å². The van der Waals surface area contributed by atoms with Gasteiger partial charge in [0.25, 0.3) is 0 Å². The van der Waals surface area contributed by atoms with E-state index >= 15 is 0 Å². The molecule has 1 aromatic carbocycles. The minimum absolute atomic E-state index is 0.289. The zero-order valence-electron chi connectivity index (χ0n) is 8.50. The second-order valence-corrected chi connectivity index (χ2v) is 5.66. The van der Waals surface area contributed by atoms with E-state index in [9.17, 15) is 4.79 Å². The average molecular weight is 257 g/mol. The minimum atomic E-state index is -0.642. The van der Waals surface area contributed by atoms with E-state index in [1.165, 1.54) is 0 Å². The molecule has 0 bridgehead atoms. The lowest BCUT2D eigenvalue weighted by Crippen LogP contribution is -2.29. The SMILES string of the molecule is Cc1cccc(OC(=O)C(C)(C)Br)c1. The maximum atomic E-state index is 11.5. The molecule has 0 fully saturated rings. The van der Waals surface area contributed by atoms with Gasteiger partial charge in [0.2, 0.25) is 0 Å². The maximum Gasteiger partial charge on any atom is 0.327 e. The second kappa shape index (κ2) is 4.13. The van der Waals surface area contributed by atoms with Crippen molar-refractivity contribution in [2.75, 3.05) is 0 Å². The summed E-state index contributed by atoms with van der Waals surface area (Å²) in [5, 5.41) is 0. The topological polar surface area (TPSA) is 26.3 Å². The largest absolute Gasteiger partial charge is 0.426 e. The number of carbonyl (C=O) groups is 1. The summed E-state index contributed by atoms with van der Waals surface area (Å²) in [5.41, 5.74) is 1.07. The van der Waals surface area contributed by atoms with E-state index in [2.05, 4.69) is 15.9 Å². The third-order valence-electron chi connectivity index (χ3n) is 1.69. The van der Waals surface area contributed by atoms with Crippen LogP contribution in [0.25, 0.3) is 0 Å². The van der Waals surface area contributed by atoms with Crippen LogP contribution in [0.4, 0.5) is 0 Å². The number of hydrogen-bond donors (Lipinski definition) is 0. The van der Waals surface area contributed by atoms with Gasteiger partial charge in [-0.15, -0.1) is 0 Å². The molecule has 1 rings (SSSR count). The number of carbonyl (C=O) groups excluding carboxylic acids is 1. The van der Waals surface area contributed by atoms with E-state index in [0.29, 0.717) is 5.75 Å². The van der Waals surface area contributed by atoms with Crippen molar-refractivity contribution in [3.63, 3.8) is 0 Å². The molecule has 2 nitrogen and oxygen atoms in total. The lowest BCUT2D eigenvalue weighted by molar-refractivity contribution is -0.136.